The van der Waals surface area contributed by atoms with Crippen molar-refractivity contribution in [2.24, 2.45) is 10.7 Å². The molecule has 0 aliphatic heterocycles. The van der Waals surface area contributed by atoms with Crippen molar-refractivity contribution < 1.29 is 13.2 Å². The lowest BCUT2D eigenvalue weighted by Crippen LogP contribution is -2.18. The van der Waals surface area contributed by atoms with Gasteiger partial charge in [-0.3, -0.25) is 0 Å². The van der Waals surface area contributed by atoms with E-state index in [1.54, 1.807) is 25.2 Å². The standard InChI is InChI=1S/C18H16Cl2F3N3.CH3N/c1-25-17-6-11(3-5-16(17)26-10-24)2-4-15(18(21,22)23)12-7-13(19)9-14(20)8-12;1-2/h2-10,15,25H,1H3,(H2,24,26);2H,1H2/b4-2+;. The number of anilines is 1. The molecular formula is C19H19Cl2F3N4. The molecule has 0 aliphatic rings. The highest BCUT2D eigenvalue weighted by molar-refractivity contribution is 6.34. The van der Waals surface area contributed by atoms with Gasteiger partial charge in [-0.15, -0.1) is 0 Å². The Morgan fingerprint density at radius 2 is 1.75 bits per heavy atom. The molecule has 1 atom stereocenters. The Labute approximate surface area is 171 Å². The summed E-state index contributed by atoms with van der Waals surface area (Å²) in [5.74, 6) is -1.83. The van der Waals surface area contributed by atoms with Crippen LogP contribution in [0.2, 0.25) is 10.0 Å². The molecule has 0 heterocycles. The molecule has 0 fully saturated rings. The van der Waals surface area contributed by atoms with Crippen LogP contribution in [0, 0.1) is 5.41 Å². The van der Waals surface area contributed by atoms with Gasteiger partial charge in [0.2, 0.25) is 0 Å². The summed E-state index contributed by atoms with van der Waals surface area (Å²) >= 11 is 11.7. The SMILES string of the molecule is C=N.CNc1cc(/C=C/C(c2cc(Cl)cc(Cl)c2)C(F)(F)F)ccc1N=CN. The number of aliphatic imine (C=N–C) groups is 1. The summed E-state index contributed by atoms with van der Waals surface area (Å²) in [5, 5.41) is 8.72. The summed E-state index contributed by atoms with van der Waals surface area (Å²) in [6.45, 7) is 2.50. The van der Waals surface area contributed by atoms with E-state index in [1.165, 1.54) is 24.3 Å². The van der Waals surface area contributed by atoms with Crippen LogP contribution in [0.25, 0.3) is 6.08 Å². The number of alkyl halides is 3. The molecule has 0 amide bonds. The molecule has 1 unspecified atom stereocenters. The van der Waals surface area contributed by atoms with Gasteiger partial charge < -0.3 is 16.5 Å². The molecule has 0 aliphatic carbocycles. The normalized spacial score (nSPS) is 12.6. The maximum atomic E-state index is 13.5. The van der Waals surface area contributed by atoms with Crippen molar-refractivity contribution in [2.45, 2.75) is 12.1 Å². The number of rotatable bonds is 5. The summed E-state index contributed by atoms with van der Waals surface area (Å²) in [6.07, 6.45) is -0.874. The maximum absolute atomic E-state index is 13.5. The molecule has 4 N–H and O–H groups in total. The van der Waals surface area contributed by atoms with Crippen molar-refractivity contribution in [1.29, 1.82) is 5.41 Å². The quantitative estimate of drug-likeness (QED) is 0.385. The second-order valence-corrected chi connectivity index (χ2v) is 6.26. The summed E-state index contributed by atoms with van der Waals surface area (Å²) in [6, 6.07) is 8.89. The van der Waals surface area contributed by atoms with Crippen LogP contribution in [-0.4, -0.2) is 26.3 Å². The van der Waals surface area contributed by atoms with E-state index in [9.17, 15) is 13.2 Å². The van der Waals surface area contributed by atoms with Gasteiger partial charge in [-0.1, -0.05) is 41.4 Å². The van der Waals surface area contributed by atoms with Gasteiger partial charge in [0.15, 0.2) is 0 Å². The van der Waals surface area contributed by atoms with Crippen LogP contribution in [0.1, 0.15) is 17.0 Å². The molecule has 0 bridgehead atoms. The first-order chi connectivity index (χ1) is 13.2. The van der Waals surface area contributed by atoms with Crippen molar-refractivity contribution in [3.63, 3.8) is 0 Å². The van der Waals surface area contributed by atoms with Gasteiger partial charge in [0.05, 0.1) is 23.6 Å². The van der Waals surface area contributed by atoms with Gasteiger partial charge in [-0.05, 0) is 48.2 Å². The van der Waals surface area contributed by atoms with E-state index in [0.717, 1.165) is 12.4 Å². The molecule has 4 nitrogen and oxygen atoms in total. The molecule has 28 heavy (non-hydrogen) atoms. The molecular weight excluding hydrogens is 412 g/mol. The minimum absolute atomic E-state index is 0.0237. The predicted octanol–water partition coefficient (Wildman–Crippen LogP) is 6.28. The molecule has 150 valence electrons. The third kappa shape index (κ3) is 6.58. The highest BCUT2D eigenvalue weighted by atomic mass is 35.5. The number of nitrogens with two attached hydrogens (primary N) is 1. The fourth-order valence-corrected chi connectivity index (χ4v) is 2.96. The first-order valence-electron chi connectivity index (χ1n) is 7.87. The van der Waals surface area contributed by atoms with Crippen LogP contribution < -0.4 is 11.1 Å². The zero-order chi connectivity index (χ0) is 21.3. The molecule has 0 spiro atoms. The fraction of sp³-hybridized carbons (Fsp3) is 0.158. The van der Waals surface area contributed by atoms with Gasteiger partial charge in [0.25, 0.3) is 0 Å². The topological polar surface area (TPSA) is 74.3 Å². The number of halogens is 5. The van der Waals surface area contributed by atoms with Crippen LogP contribution >= 0.6 is 23.2 Å². The number of hydrogen-bond acceptors (Lipinski definition) is 3. The zero-order valence-electron chi connectivity index (χ0n) is 14.9. The lowest BCUT2D eigenvalue weighted by atomic mass is 9.97. The molecule has 0 saturated carbocycles. The highest BCUT2D eigenvalue weighted by Crippen LogP contribution is 2.38. The fourth-order valence-electron chi connectivity index (χ4n) is 2.42. The second-order valence-electron chi connectivity index (χ2n) is 5.39. The van der Waals surface area contributed by atoms with Gasteiger partial charge in [0, 0.05) is 17.1 Å². The maximum Gasteiger partial charge on any atom is 0.399 e. The van der Waals surface area contributed by atoms with Crippen molar-refractivity contribution in [3.8, 4) is 0 Å². The van der Waals surface area contributed by atoms with Crippen molar-refractivity contribution in [2.75, 3.05) is 12.4 Å². The van der Waals surface area contributed by atoms with E-state index < -0.39 is 12.1 Å². The Morgan fingerprint density at radius 3 is 2.25 bits per heavy atom. The number of nitrogens with one attached hydrogen (secondary N) is 2. The second kappa shape index (κ2) is 10.7. The number of hydrogen-bond donors (Lipinski definition) is 3. The van der Waals surface area contributed by atoms with E-state index in [-0.39, 0.29) is 15.6 Å². The molecule has 0 radical (unpaired) electrons. The molecule has 2 aromatic carbocycles. The zero-order valence-corrected chi connectivity index (χ0v) is 16.4. The third-order valence-corrected chi connectivity index (χ3v) is 4.02. The van der Waals surface area contributed by atoms with E-state index in [1.807, 2.05) is 0 Å². The average molecular weight is 431 g/mol. The highest BCUT2D eigenvalue weighted by Gasteiger charge is 2.39. The van der Waals surface area contributed by atoms with Crippen LogP contribution in [-0.2, 0) is 0 Å². The average Bonchev–Trinajstić information content (AvgIpc) is 2.63. The number of nitrogens with zero attached hydrogens (tertiary/aromatic N) is 1. The largest absolute Gasteiger partial charge is 0.399 e. The Kier molecular flexibility index (Phi) is 9.02. The van der Waals surface area contributed by atoms with Gasteiger partial charge in [-0.25, -0.2) is 4.99 Å². The number of allylic oxidation sites excluding steroid dienone is 1. The molecule has 9 heteroatoms. The summed E-state index contributed by atoms with van der Waals surface area (Å²) in [7, 11) is 1.69. The van der Waals surface area contributed by atoms with Crippen LogP contribution in [0.3, 0.4) is 0 Å². The first kappa shape index (κ1) is 23.5. The van der Waals surface area contributed by atoms with Crippen molar-refractivity contribution in [1.82, 2.24) is 0 Å². The summed E-state index contributed by atoms with van der Waals surface area (Å²) < 4.78 is 40.5. The van der Waals surface area contributed by atoms with Crippen molar-refractivity contribution >= 4 is 53.7 Å². The first-order valence-corrected chi connectivity index (χ1v) is 8.62. The van der Waals surface area contributed by atoms with Crippen LogP contribution in [0.4, 0.5) is 24.5 Å². The molecule has 0 saturated heterocycles. The Morgan fingerprint density at radius 1 is 1.14 bits per heavy atom. The Balaban J connectivity index is 0.00000190. The van der Waals surface area contributed by atoms with E-state index in [4.69, 9.17) is 34.3 Å². The van der Waals surface area contributed by atoms with E-state index in [2.05, 4.69) is 17.0 Å². The minimum Gasteiger partial charge on any atom is -0.390 e. The molecule has 2 aromatic rings. The van der Waals surface area contributed by atoms with Gasteiger partial charge in [-0.2, -0.15) is 13.2 Å². The monoisotopic (exact) mass is 430 g/mol. The lowest BCUT2D eigenvalue weighted by molar-refractivity contribution is -0.139. The van der Waals surface area contributed by atoms with Crippen molar-refractivity contribution in [3.05, 3.63) is 63.6 Å². The minimum atomic E-state index is -4.49. The summed E-state index contributed by atoms with van der Waals surface area (Å²) in [5.41, 5.74) is 7.06. The van der Waals surface area contributed by atoms with Gasteiger partial charge >= 0.3 is 6.18 Å². The summed E-state index contributed by atoms with van der Waals surface area (Å²) in [4.78, 5) is 3.98. The lowest BCUT2D eigenvalue weighted by Gasteiger charge is -2.18. The Hall–Kier alpha value is -2.51. The van der Waals surface area contributed by atoms with Crippen LogP contribution in [0.5, 0.6) is 0 Å². The van der Waals surface area contributed by atoms with Crippen LogP contribution in [0.15, 0.2) is 47.5 Å². The van der Waals surface area contributed by atoms with E-state index in [0.29, 0.717) is 16.9 Å². The predicted molar refractivity (Wildman–Crippen MR) is 112 cm³/mol. The molecule has 2 rings (SSSR count). The number of benzene rings is 2. The van der Waals surface area contributed by atoms with Gasteiger partial charge in [0.1, 0.15) is 0 Å². The smallest absolute Gasteiger partial charge is 0.390 e. The van der Waals surface area contributed by atoms with E-state index >= 15 is 0 Å². The Bertz CT molecular complexity index is 831. The third-order valence-electron chi connectivity index (χ3n) is 3.58. The molecule has 0 aromatic heterocycles.